The summed E-state index contributed by atoms with van der Waals surface area (Å²) >= 11 is 0. The number of carboxylic acid groups (broad SMARTS) is 1. The summed E-state index contributed by atoms with van der Waals surface area (Å²) in [7, 11) is 0. The summed E-state index contributed by atoms with van der Waals surface area (Å²) in [5.74, 6) is -0.970. The van der Waals surface area contributed by atoms with E-state index in [1.807, 2.05) is 6.92 Å². The van der Waals surface area contributed by atoms with E-state index in [-0.39, 0.29) is 11.7 Å². The van der Waals surface area contributed by atoms with Crippen LogP contribution in [0.2, 0.25) is 0 Å². The summed E-state index contributed by atoms with van der Waals surface area (Å²) < 4.78 is 1.70. The SMILES string of the molecule is CCCC(C)n1ccc(C(=O)O)n1. The van der Waals surface area contributed by atoms with Crippen molar-refractivity contribution < 1.29 is 9.90 Å². The first kappa shape index (κ1) is 9.77. The van der Waals surface area contributed by atoms with Gasteiger partial charge in [-0.05, 0) is 19.4 Å². The van der Waals surface area contributed by atoms with Crippen LogP contribution in [0.25, 0.3) is 0 Å². The van der Waals surface area contributed by atoms with E-state index in [0.717, 1.165) is 12.8 Å². The lowest BCUT2D eigenvalue weighted by molar-refractivity contribution is 0.0689. The molecule has 0 aliphatic carbocycles. The molecule has 1 aromatic rings. The Kier molecular flexibility index (Phi) is 3.06. The van der Waals surface area contributed by atoms with Gasteiger partial charge in [-0.25, -0.2) is 4.79 Å². The molecule has 72 valence electrons. The van der Waals surface area contributed by atoms with Crippen LogP contribution in [0, 0.1) is 0 Å². The standard InChI is InChI=1S/C9H14N2O2/c1-3-4-7(2)11-6-5-8(10-11)9(12)13/h5-7H,3-4H2,1-2H3,(H,12,13). The van der Waals surface area contributed by atoms with Crippen molar-refractivity contribution in [3.8, 4) is 0 Å². The zero-order valence-electron chi connectivity index (χ0n) is 7.90. The molecule has 0 spiro atoms. The van der Waals surface area contributed by atoms with E-state index in [1.165, 1.54) is 6.07 Å². The van der Waals surface area contributed by atoms with Gasteiger partial charge >= 0.3 is 5.97 Å². The van der Waals surface area contributed by atoms with Gasteiger partial charge in [0.2, 0.25) is 0 Å². The van der Waals surface area contributed by atoms with Crippen LogP contribution in [0.5, 0.6) is 0 Å². The third kappa shape index (κ3) is 2.31. The largest absolute Gasteiger partial charge is 0.476 e. The fourth-order valence-corrected chi connectivity index (χ4v) is 1.25. The second-order valence-corrected chi connectivity index (χ2v) is 3.12. The summed E-state index contributed by atoms with van der Waals surface area (Å²) in [5.41, 5.74) is 0.114. The predicted molar refractivity (Wildman–Crippen MR) is 48.8 cm³/mol. The zero-order valence-corrected chi connectivity index (χ0v) is 7.90. The molecule has 1 aromatic heterocycles. The maximum Gasteiger partial charge on any atom is 0.356 e. The fraction of sp³-hybridized carbons (Fsp3) is 0.556. The van der Waals surface area contributed by atoms with Crippen LogP contribution in [0.1, 0.15) is 43.2 Å². The van der Waals surface area contributed by atoms with Crippen LogP contribution in [-0.4, -0.2) is 20.9 Å². The van der Waals surface area contributed by atoms with Gasteiger partial charge in [-0.3, -0.25) is 4.68 Å². The maximum atomic E-state index is 10.5. The molecule has 1 atom stereocenters. The Hall–Kier alpha value is -1.32. The van der Waals surface area contributed by atoms with Gasteiger partial charge < -0.3 is 5.11 Å². The van der Waals surface area contributed by atoms with Gasteiger partial charge in [-0.15, -0.1) is 0 Å². The third-order valence-corrected chi connectivity index (χ3v) is 1.99. The van der Waals surface area contributed by atoms with Crippen molar-refractivity contribution in [2.45, 2.75) is 32.7 Å². The molecule has 0 saturated heterocycles. The summed E-state index contributed by atoms with van der Waals surface area (Å²) in [5, 5.41) is 12.6. The summed E-state index contributed by atoms with van der Waals surface area (Å²) in [6, 6.07) is 1.80. The van der Waals surface area contributed by atoms with Gasteiger partial charge in [0.15, 0.2) is 5.69 Å². The van der Waals surface area contributed by atoms with Crippen molar-refractivity contribution in [2.24, 2.45) is 0 Å². The van der Waals surface area contributed by atoms with E-state index < -0.39 is 5.97 Å². The van der Waals surface area contributed by atoms with Crippen LogP contribution in [0.4, 0.5) is 0 Å². The molecular formula is C9H14N2O2. The van der Waals surface area contributed by atoms with Crippen molar-refractivity contribution in [3.63, 3.8) is 0 Å². The van der Waals surface area contributed by atoms with Crippen LogP contribution in [0.3, 0.4) is 0 Å². The molecule has 4 nitrogen and oxygen atoms in total. The zero-order chi connectivity index (χ0) is 9.84. The Morgan fingerprint density at radius 2 is 2.46 bits per heavy atom. The first-order valence-corrected chi connectivity index (χ1v) is 4.43. The smallest absolute Gasteiger partial charge is 0.356 e. The van der Waals surface area contributed by atoms with Gasteiger partial charge in [0, 0.05) is 12.2 Å². The molecule has 13 heavy (non-hydrogen) atoms. The molecule has 1 N–H and O–H groups in total. The van der Waals surface area contributed by atoms with Crippen molar-refractivity contribution in [1.82, 2.24) is 9.78 Å². The van der Waals surface area contributed by atoms with Gasteiger partial charge in [-0.2, -0.15) is 5.10 Å². The second kappa shape index (κ2) is 4.07. The Labute approximate surface area is 77.2 Å². The van der Waals surface area contributed by atoms with E-state index in [0.29, 0.717) is 0 Å². The lowest BCUT2D eigenvalue weighted by atomic mass is 10.2. The number of hydrogen-bond acceptors (Lipinski definition) is 2. The first-order chi connectivity index (χ1) is 6.15. The van der Waals surface area contributed by atoms with Crippen molar-refractivity contribution in [2.75, 3.05) is 0 Å². The van der Waals surface area contributed by atoms with E-state index >= 15 is 0 Å². The van der Waals surface area contributed by atoms with Gasteiger partial charge in [-0.1, -0.05) is 13.3 Å². The minimum absolute atomic E-state index is 0.114. The highest BCUT2D eigenvalue weighted by Crippen LogP contribution is 2.11. The van der Waals surface area contributed by atoms with Gasteiger partial charge in [0.05, 0.1) is 0 Å². The predicted octanol–water partition coefficient (Wildman–Crippen LogP) is 1.94. The molecule has 0 radical (unpaired) electrons. The fourth-order valence-electron chi connectivity index (χ4n) is 1.25. The molecule has 0 bridgehead atoms. The van der Waals surface area contributed by atoms with Crippen molar-refractivity contribution in [3.05, 3.63) is 18.0 Å². The highest BCUT2D eigenvalue weighted by atomic mass is 16.4. The van der Waals surface area contributed by atoms with E-state index in [4.69, 9.17) is 5.11 Å². The Morgan fingerprint density at radius 1 is 1.77 bits per heavy atom. The molecule has 0 amide bonds. The van der Waals surface area contributed by atoms with E-state index in [9.17, 15) is 4.79 Å². The Bertz CT molecular complexity index is 294. The number of carbonyl (C=O) groups is 1. The normalized spacial score (nSPS) is 12.8. The molecule has 0 aliphatic rings. The summed E-state index contributed by atoms with van der Waals surface area (Å²) in [4.78, 5) is 10.5. The minimum atomic E-state index is -0.970. The molecule has 0 aromatic carbocycles. The highest BCUT2D eigenvalue weighted by Gasteiger charge is 2.09. The highest BCUT2D eigenvalue weighted by molar-refractivity contribution is 5.85. The lowest BCUT2D eigenvalue weighted by Gasteiger charge is -2.09. The summed E-state index contributed by atoms with van der Waals surface area (Å²) in [6.45, 7) is 4.13. The molecule has 1 unspecified atom stereocenters. The van der Waals surface area contributed by atoms with Crippen LogP contribution < -0.4 is 0 Å². The quantitative estimate of drug-likeness (QED) is 0.774. The summed E-state index contributed by atoms with van der Waals surface area (Å²) in [6.07, 6.45) is 3.80. The molecule has 4 heteroatoms. The van der Waals surface area contributed by atoms with Crippen LogP contribution in [-0.2, 0) is 0 Å². The topological polar surface area (TPSA) is 55.1 Å². The molecule has 0 aliphatic heterocycles. The number of aromatic carboxylic acids is 1. The number of nitrogens with zero attached hydrogens (tertiary/aromatic N) is 2. The number of hydrogen-bond donors (Lipinski definition) is 1. The van der Waals surface area contributed by atoms with Crippen molar-refractivity contribution in [1.29, 1.82) is 0 Å². The second-order valence-electron chi connectivity index (χ2n) is 3.12. The van der Waals surface area contributed by atoms with Crippen LogP contribution >= 0.6 is 0 Å². The third-order valence-electron chi connectivity index (χ3n) is 1.99. The van der Waals surface area contributed by atoms with Crippen LogP contribution in [0.15, 0.2) is 12.3 Å². The average Bonchev–Trinajstić information content (AvgIpc) is 2.52. The number of rotatable bonds is 4. The molecule has 0 fully saturated rings. The molecule has 0 saturated carbocycles. The molecule has 1 heterocycles. The van der Waals surface area contributed by atoms with Crippen molar-refractivity contribution >= 4 is 5.97 Å². The number of aromatic nitrogens is 2. The Morgan fingerprint density at radius 3 is 2.92 bits per heavy atom. The van der Waals surface area contributed by atoms with E-state index in [2.05, 4.69) is 12.0 Å². The lowest BCUT2D eigenvalue weighted by Crippen LogP contribution is -2.07. The van der Waals surface area contributed by atoms with Gasteiger partial charge in [0.1, 0.15) is 0 Å². The number of carboxylic acids is 1. The van der Waals surface area contributed by atoms with Gasteiger partial charge in [0.25, 0.3) is 0 Å². The minimum Gasteiger partial charge on any atom is -0.476 e. The Balaban J connectivity index is 2.73. The van der Waals surface area contributed by atoms with E-state index in [1.54, 1.807) is 10.9 Å². The molecular weight excluding hydrogens is 168 g/mol. The molecule has 1 rings (SSSR count). The maximum absolute atomic E-state index is 10.5. The first-order valence-electron chi connectivity index (χ1n) is 4.43. The average molecular weight is 182 g/mol. The monoisotopic (exact) mass is 182 g/mol.